The highest BCUT2D eigenvalue weighted by atomic mass is 35.5. The van der Waals surface area contributed by atoms with Gasteiger partial charge in [-0.2, -0.15) is 0 Å². The van der Waals surface area contributed by atoms with E-state index >= 15 is 0 Å². The lowest BCUT2D eigenvalue weighted by atomic mass is 10.1. The Morgan fingerprint density at radius 1 is 0.893 bits per heavy atom. The van der Waals surface area contributed by atoms with E-state index in [0.717, 1.165) is 24.5 Å². The highest BCUT2D eigenvalue weighted by Gasteiger charge is 2.37. The highest BCUT2D eigenvalue weighted by molar-refractivity contribution is 6.32. The molecule has 2 heterocycles. The number of carbonyl (C=O) groups excluding carboxylic acids is 3. The number of fused-ring (bicyclic) bond motifs is 1. The van der Waals surface area contributed by atoms with Gasteiger partial charge in [0.15, 0.2) is 0 Å². The molecule has 0 bridgehead atoms. The van der Waals surface area contributed by atoms with E-state index in [9.17, 15) is 14.4 Å². The molecule has 144 valence electrons. The first-order chi connectivity index (χ1) is 13.5. The maximum atomic E-state index is 12.7. The van der Waals surface area contributed by atoms with E-state index in [2.05, 4.69) is 17.0 Å². The number of piperazine rings is 1. The normalized spacial score (nSPS) is 17.2. The monoisotopic (exact) mass is 397 g/mol. The predicted molar refractivity (Wildman–Crippen MR) is 105 cm³/mol. The summed E-state index contributed by atoms with van der Waals surface area (Å²) in [5, 5.41) is 0.391. The second-order valence-corrected chi connectivity index (χ2v) is 7.47. The molecule has 1 saturated heterocycles. The summed E-state index contributed by atoms with van der Waals surface area (Å²) in [6, 6.07) is 14.8. The molecule has 2 aliphatic rings. The Bertz CT molecular complexity index is 924. The van der Waals surface area contributed by atoms with Crippen molar-refractivity contribution in [1.29, 1.82) is 0 Å². The van der Waals surface area contributed by atoms with Crippen LogP contribution >= 0.6 is 11.6 Å². The van der Waals surface area contributed by atoms with Crippen LogP contribution < -0.4 is 0 Å². The minimum atomic E-state index is -0.460. The van der Waals surface area contributed by atoms with E-state index in [0.29, 0.717) is 23.7 Å². The lowest BCUT2D eigenvalue weighted by molar-refractivity contribution is -0.133. The zero-order valence-electron chi connectivity index (χ0n) is 15.3. The molecule has 3 amide bonds. The molecular formula is C21H20ClN3O3. The number of carbonyl (C=O) groups is 3. The van der Waals surface area contributed by atoms with Crippen LogP contribution in [-0.2, 0) is 11.3 Å². The lowest BCUT2D eigenvalue weighted by Gasteiger charge is -2.35. The van der Waals surface area contributed by atoms with Crippen molar-refractivity contribution in [3.63, 3.8) is 0 Å². The number of amides is 3. The van der Waals surface area contributed by atoms with Gasteiger partial charge in [0.2, 0.25) is 5.91 Å². The molecule has 2 aromatic carbocycles. The quantitative estimate of drug-likeness (QED) is 0.743. The van der Waals surface area contributed by atoms with Crippen molar-refractivity contribution in [3.05, 3.63) is 70.2 Å². The molecule has 2 aromatic rings. The molecule has 4 rings (SSSR count). The summed E-state index contributed by atoms with van der Waals surface area (Å²) in [5.74, 6) is -1.11. The van der Waals surface area contributed by atoms with E-state index < -0.39 is 11.8 Å². The zero-order valence-corrected chi connectivity index (χ0v) is 16.1. The van der Waals surface area contributed by atoms with E-state index in [1.807, 2.05) is 18.2 Å². The van der Waals surface area contributed by atoms with Gasteiger partial charge >= 0.3 is 0 Å². The van der Waals surface area contributed by atoms with Gasteiger partial charge in [-0.3, -0.25) is 24.2 Å². The molecule has 6 nitrogen and oxygen atoms in total. The fourth-order valence-corrected chi connectivity index (χ4v) is 3.81. The SMILES string of the molecule is O=C(CN1C(=O)c2ccc(Cl)cc2C1=O)N1CCN(Cc2ccccc2)CC1. The topological polar surface area (TPSA) is 60.9 Å². The van der Waals surface area contributed by atoms with Crippen LogP contribution in [0.2, 0.25) is 5.02 Å². The predicted octanol–water partition coefficient (Wildman–Crippen LogP) is 2.28. The van der Waals surface area contributed by atoms with Crippen molar-refractivity contribution in [3.8, 4) is 0 Å². The molecule has 0 aliphatic carbocycles. The Balaban J connectivity index is 1.34. The van der Waals surface area contributed by atoms with Crippen molar-refractivity contribution in [2.75, 3.05) is 32.7 Å². The summed E-state index contributed by atoms with van der Waals surface area (Å²) in [7, 11) is 0. The Labute approximate surface area is 168 Å². The van der Waals surface area contributed by atoms with E-state index in [1.165, 1.54) is 17.7 Å². The number of halogens is 1. The van der Waals surface area contributed by atoms with Crippen LogP contribution in [0.5, 0.6) is 0 Å². The molecule has 2 aliphatic heterocycles. The van der Waals surface area contributed by atoms with Gasteiger partial charge in [-0.15, -0.1) is 0 Å². The van der Waals surface area contributed by atoms with E-state index in [-0.39, 0.29) is 18.0 Å². The molecule has 7 heteroatoms. The Kier molecular flexibility index (Phi) is 5.15. The molecule has 0 unspecified atom stereocenters. The molecule has 1 fully saturated rings. The van der Waals surface area contributed by atoms with Crippen molar-refractivity contribution in [2.45, 2.75) is 6.54 Å². The fourth-order valence-electron chi connectivity index (χ4n) is 3.64. The van der Waals surface area contributed by atoms with Crippen LogP contribution in [-0.4, -0.2) is 65.1 Å². The molecule has 0 saturated carbocycles. The first-order valence-electron chi connectivity index (χ1n) is 9.23. The Morgan fingerprint density at radius 2 is 1.57 bits per heavy atom. The lowest BCUT2D eigenvalue weighted by Crippen LogP contribution is -2.51. The van der Waals surface area contributed by atoms with Crippen molar-refractivity contribution < 1.29 is 14.4 Å². The van der Waals surface area contributed by atoms with Crippen LogP contribution in [0, 0.1) is 0 Å². The van der Waals surface area contributed by atoms with E-state index in [4.69, 9.17) is 11.6 Å². The minimum absolute atomic E-state index is 0.208. The average Bonchev–Trinajstić information content (AvgIpc) is 2.93. The summed E-state index contributed by atoms with van der Waals surface area (Å²) in [4.78, 5) is 42.7. The number of imide groups is 1. The third-order valence-corrected chi connectivity index (χ3v) is 5.44. The third kappa shape index (κ3) is 3.66. The first kappa shape index (κ1) is 18.7. The largest absolute Gasteiger partial charge is 0.339 e. The summed E-state index contributed by atoms with van der Waals surface area (Å²) in [5.41, 5.74) is 1.81. The van der Waals surface area contributed by atoms with Crippen molar-refractivity contribution in [1.82, 2.24) is 14.7 Å². The summed E-state index contributed by atoms with van der Waals surface area (Å²) in [6.07, 6.45) is 0. The zero-order chi connectivity index (χ0) is 19.7. The molecule has 0 spiro atoms. The number of nitrogens with zero attached hydrogens (tertiary/aromatic N) is 3. The van der Waals surface area contributed by atoms with Gasteiger partial charge in [-0.25, -0.2) is 0 Å². The molecular weight excluding hydrogens is 378 g/mol. The number of hydrogen-bond donors (Lipinski definition) is 0. The van der Waals surface area contributed by atoms with Gasteiger partial charge in [0.1, 0.15) is 6.54 Å². The first-order valence-corrected chi connectivity index (χ1v) is 9.60. The summed E-state index contributed by atoms with van der Waals surface area (Å²) >= 11 is 5.92. The van der Waals surface area contributed by atoms with Gasteiger partial charge < -0.3 is 4.90 Å². The molecule has 0 aromatic heterocycles. The maximum absolute atomic E-state index is 12.7. The van der Waals surface area contributed by atoms with E-state index in [1.54, 1.807) is 11.0 Å². The second-order valence-electron chi connectivity index (χ2n) is 7.03. The third-order valence-electron chi connectivity index (χ3n) is 5.20. The van der Waals surface area contributed by atoms with Gasteiger partial charge in [-0.05, 0) is 23.8 Å². The van der Waals surface area contributed by atoms with Gasteiger partial charge in [0.25, 0.3) is 11.8 Å². The van der Waals surface area contributed by atoms with Crippen LogP contribution in [0.25, 0.3) is 0 Å². The molecule has 28 heavy (non-hydrogen) atoms. The molecule has 0 N–H and O–H groups in total. The maximum Gasteiger partial charge on any atom is 0.262 e. The molecule has 0 radical (unpaired) electrons. The van der Waals surface area contributed by atoms with Gasteiger partial charge in [-0.1, -0.05) is 41.9 Å². The van der Waals surface area contributed by atoms with Crippen LogP contribution in [0.3, 0.4) is 0 Å². The van der Waals surface area contributed by atoms with Crippen molar-refractivity contribution in [2.24, 2.45) is 0 Å². The number of benzene rings is 2. The van der Waals surface area contributed by atoms with Gasteiger partial charge in [0.05, 0.1) is 11.1 Å². The second kappa shape index (κ2) is 7.73. The number of rotatable bonds is 4. The highest BCUT2D eigenvalue weighted by Crippen LogP contribution is 2.25. The smallest absolute Gasteiger partial charge is 0.262 e. The summed E-state index contributed by atoms with van der Waals surface area (Å²) in [6.45, 7) is 3.31. The average molecular weight is 398 g/mol. The minimum Gasteiger partial charge on any atom is -0.339 e. The standard InChI is InChI=1S/C21H20ClN3O3/c22-16-6-7-17-18(12-16)21(28)25(20(17)27)14-19(26)24-10-8-23(9-11-24)13-15-4-2-1-3-5-15/h1-7,12H,8-11,13-14H2. The van der Waals surface area contributed by atoms with Gasteiger partial charge in [0, 0.05) is 37.7 Å². The summed E-state index contributed by atoms with van der Waals surface area (Å²) < 4.78 is 0. The van der Waals surface area contributed by atoms with Crippen LogP contribution in [0.1, 0.15) is 26.3 Å². The Hall–Kier alpha value is -2.70. The fraction of sp³-hybridized carbons (Fsp3) is 0.286. The molecule has 0 atom stereocenters. The van der Waals surface area contributed by atoms with Crippen LogP contribution in [0.4, 0.5) is 0 Å². The van der Waals surface area contributed by atoms with Crippen molar-refractivity contribution >= 4 is 29.3 Å². The Morgan fingerprint density at radius 3 is 2.29 bits per heavy atom. The number of hydrogen-bond acceptors (Lipinski definition) is 4. The van der Waals surface area contributed by atoms with Crippen LogP contribution in [0.15, 0.2) is 48.5 Å².